The molecule has 3 aromatic rings. The van der Waals surface area contributed by atoms with E-state index in [1.165, 1.54) is 12.7 Å². The Kier molecular flexibility index (Phi) is 6.02. The Morgan fingerprint density at radius 1 is 1.16 bits per heavy atom. The Morgan fingerprint density at radius 2 is 1.88 bits per heavy atom. The number of carbonyl (C=O) groups is 1. The number of benzene rings is 1. The minimum absolute atomic E-state index is 0.0201. The lowest BCUT2D eigenvalue weighted by molar-refractivity contribution is 0.0600. The van der Waals surface area contributed by atoms with Crippen LogP contribution in [0.4, 0.5) is 0 Å². The lowest BCUT2D eigenvalue weighted by Gasteiger charge is -2.31. The summed E-state index contributed by atoms with van der Waals surface area (Å²) in [5, 5.41) is 4.25. The largest absolute Gasteiger partial charge is 0.465 e. The molecule has 0 aliphatic carbocycles. The molecule has 1 aliphatic heterocycles. The van der Waals surface area contributed by atoms with Crippen molar-refractivity contribution in [2.24, 2.45) is 0 Å². The minimum Gasteiger partial charge on any atom is -0.465 e. The monoisotopic (exact) mass is 448 g/mol. The van der Waals surface area contributed by atoms with Crippen molar-refractivity contribution in [3.05, 3.63) is 82.9 Å². The smallest absolute Gasteiger partial charge is 0.337 e. The summed E-state index contributed by atoms with van der Waals surface area (Å²) >= 11 is 5.73. The van der Waals surface area contributed by atoms with Crippen molar-refractivity contribution in [3.8, 4) is 5.69 Å². The summed E-state index contributed by atoms with van der Waals surface area (Å²) in [4.78, 5) is 18.7. The van der Waals surface area contributed by atoms with Gasteiger partial charge in [-0.3, -0.25) is 4.98 Å². The molecule has 6 nitrogen and oxygen atoms in total. The van der Waals surface area contributed by atoms with Crippen LogP contribution in [-0.4, -0.2) is 38.7 Å². The number of ether oxygens (including phenoxy) is 1. The molecule has 1 aliphatic rings. The number of esters is 1. The van der Waals surface area contributed by atoms with E-state index in [-0.39, 0.29) is 24.1 Å². The number of carbonyl (C=O) groups excluding carboxylic acids is 1. The molecule has 3 heterocycles. The van der Waals surface area contributed by atoms with Gasteiger partial charge in [-0.2, -0.15) is 0 Å². The number of hydrogen-bond acceptors (Lipinski definition) is 4. The Bertz CT molecular complexity index is 1140. The molecule has 0 bridgehead atoms. The van der Waals surface area contributed by atoms with Gasteiger partial charge in [-0.15, -0.1) is 0 Å². The molecule has 0 amide bonds. The number of methoxy groups -OCH3 is 1. The van der Waals surface area contributed by atoms with Crippen LogP contribution < -0.4 is 5.32 Å². The third-order valence-corrected chi connectivity index (χ3v) is 6.36. The summed E-state index contributed by atoms with van der Waals surface area (Å²) in [5.41, 5.74) is 5.95. The van der Waals surface area contributed by atoms with E-state index in [4.69, 9.17) is 17.0 Å². The van der Waals surface area contributed by atoms with Crippen molar-refractivity contribution >= 4 is 23.3 Å². The molecule has 1 aromatic carbocycles. The first-order valence-electron chi connectivity index (χ1n) is 10.7. The molecular weight excluding hydrogens is 420 g/mol. The van der Waals surface area contributed by atoms with Crippen molar-refractivity contribution in [2.45, 2.75) is 45.8 Å². The van der Waals surface area contributed by atoms with Gasteiger partial charge < -0.3 is 19.5 Å². The summed E-state index contributed by atoms with van der Waals surface area (Å²) in [6, 6.07) is 15.9. The summed E-state index contributed by atoms with van der Waals surface area (Å²) in [5.74, 6) is -0.338. The van der Waals surface area contributed by atoms with Gasteiger partial charge >= 0.3 is 5.97 Å². The fourth-order valence-electron chi connectivity index (χ4n) is 4.60. The van der Waals surface area contributed by atoms with Crippen LogP contribution in [0.1, 0.15) is 58.9 Å². The Balaban J connectivity index is 1.79. The zero-order valence-corrected chi connectivity index (χ0v) is 19.8. The van der Waals surface area contributed by atoms with E-state index in [1.807, 2.05) is 36.5 Å². The highest BCUT2D eigenvalue weighted by Crippen LogP contribution is 2.42. The van der Waals surface area contributed by atoms with Gasteiger partial charge in [-0.05, 0) is 87.9 Å². The first-order valence-corrected chi connectivity index (χ1v) is 11.1. The molecule has 2 aromatic heterocycles. The SMILES string of the molecule is COC(=O)c1ccc(-n2c(C)cc(C3C(c4ccccn4)NC(=S)N3C(C)C)c2C)cc1. The molecule has 7 heteroatoms. The maximum Gasteiger partial charge on any atom is 0.337 e. The van der Waals surface area contributed by atoms with Gasteiger partial charge in [-0.25, -0.2) is 4.79 Å². The second-order valence-corrected chi connectivity index (χ2v) is 8.71. The molecule has 1 N–H and O–H groups in total. The topological polar surface area (TPSA) is 59.4 Å². The van der Waals surface area contributed by atoms with Crippen molar-refractivity contribution < 1.29 is 9.53 Å². The molecule has 2 atom stereocenters. The molecule has 166 valence electrons. The van der Waals surface area contributed by atoms with E-state index >= 15 is 0 Å². The maximum absolute atomic E-state index is 11.8. The van der Waals surface area contributed by atoms with Crippen LogP contribution in [0.25, 0.3) is 5.69 Å². The summed E-state index contributed by atoms with van der Waals surface area (Å²) in [6.45, 7) is 8.55. The number of nitrogens with one attached hydrogen (secondary N) is 1. The van der Waals surface area contributed by atoms with Crippen LogP contribution in [0.3, 0.4) is 0 Å². The number of thiocarbonyl (C=S) groups is 1. The third-order valence-electron chi connectivity index (χ3n) is 6.03. The van der Waals surface area contributed by atoms with Gasteiger partial charge in [-0.1, -0.05) is 6.07 Å². The average molecular weight is 449 g/mol. The Morgan fingerprint density at radius 3 is 2.47 bits per heavy atom. The van der Waals surface area contributed by atoms with Crippen LogP contribution in [0, 0.1) is 13.8 Å². The molecule has 0 spiro atoms. The van der Waals surface area contributed by atoms with Crippen LogP contribution in [0.5, 0.6) is 0 Å². The number of hydrogen-bond donors (Lipinski definition) is 1. The highest BCUT2D eigenvalue weighted by molar-refractivity contribution is 7.80. The maximum atomic E-state index is 11.8. The van der Waals surface area contributed by atoms with Gasteiger partial charge in [0.25, 0.3) is 0 Å². The fourth-order valence-corrected chi connectivity index (χ4v) is 5.05. The highest BCUT2D eigenvalue weighted by atomic mass is 32.1. The van der Waals surface area contributed by atoms with E-state index in [0.29, 0.717) is 5.56 Å². The van der Waals surface area contributed by atoms with Gasteiger partial charge in [0.1, 0.15) is 0 Å². The number of aromatic nitrogens is 2. The number of nitrogens with zero attached hydrogens (tertiary/aromatic N) is 3. The number of aryl methyl sites for hydroxylation is 1. The van der Waals surface area contributed by atoms with Crippen molar-refractivity contribution in [3.63, 3.8) is 0 Å². The van der Waals surface area contributed by atoms with E-state index in [1.54, 1.807) is 12.1 Å². The number of pyridine rings is 1. The normalized spacial score (nSPS) is 18.2. The van der Waals surface area contributed by atoms with Crippen LogP contribution in [0.15, 0.2) is 54.7 Å². The third kappa shape index (κ3) is 3.77. The molecule has 32 heavy (non-hydrogen) atoms. The number of rotatable bonds is 5. The van der Waals surface area contributed by atoms with Crippen LogP contribution in [-0.2, 0) is 4.74 Å². The zero-order valence-electron chi connectivity index (χ0n) is 19.0. The van der Waals surface area contributed by atoms with Crippen LogP contribution in [0.2, 0.25) is 0 Å². The molecule has 0 radical (unpaired) electrons. The highest BCUT2D eigenvalue weighted by Gasteiger charge is 2.42. The molecule has 4 rings (SSSR count). The van der Waals surface area contributed by atoms with Gasteiger partial charge in [0.15, 0.2) is 5.11 Å². The van der Waals surface area contributed by atoms with Crippen molar-refractivity contribution in [1.29, 1.82) is 0 Å². The average Bonchev–Trinajstić information content (AvgIpc) is 3.29. The first-order chi connectivity index (χ1) is 15.3. The Labute approximate surface area is 194 Å². The van der Waals surface area contributed by atoms with E-state index in [2.05, 4.69) is 53.5 Å². The molecule has 1 saturated heterocycles. The summed E-state index contributed by atoms with van der Waals surface area (Å²) < 4.78 is 7.04. The quantitative estimate of drug-likeness (QED) is 0.453. The van der Waals surface area contributed by atoms with Gasteiger partial charge in [0.2, 0.25) is 0 Å². The lowest BCUT2D eigenvalue weighted by Crippen LogP contribution is -2.35. The van der Waals surface area contributed by atoms with Gasteiger partial charge in [0, 0.05) is 29.3 Å². The van der Waals surface area contributed by atoms with E-state index in [9.17, 15) is 4.79 Å². The lowest BCUT2D eigenvalue weighted by atomic mass is 9.96. The zero-order chi connectivity index (χ0) is 23.0. The molecule has 2 unspecified atom stereocenters. The van der Waals surface area contributed by atoms with Crippen LogP contribution >= 0.6 is 12.2 Å². The predicted octanol–water partition coefficient (Wildman–Crippen LogP) is 4.66. The van der Waals surface area contributed by atoms with Gasteiger partial charge in [0.05, 0.1) is 30.5 Å². The molecule has 1 fully saturated rings. The standard InChI is InChI=1S/C25H28N4O2S/c1-15(2)28-23(22(27-25(28)32)21-8-6-7-13-26-21)20-14-16(3)29(17(20)4)19-11-9-18(10-12-19)24(30)31-5/h6-15,22-23H,1-5H3,(H,27,32). The van der Waals surface area contributed by atoms with E-state index < -0.39 is 0 Å². The molecular formula is C25H28N4O2S. The predicted molar refractivity (Wildman–Crippen MR) is 129 cm³/mol. The minimum atomic E-state index is -0.338. The van der Waals surface area contributed by atoms with E-state index in [0.717, 1.165) is 27.9 Å². The van der Waals surface area contributed by atoms with Crippen molar-refractivity contribution in [2.75, 3.05) is 7.11 Å². The second-order valence-electron chi connectivity index (χ2n) is 8.33. The molecule has 0 saturated carbocycles. The summed E-state index contributed by atoms with van der Waals surface area (Å²) in [6.07, 6.45) is 1.82. The van der Waals surface area contributed by atoms with Crippen molar-refractivity contribution in [1.82, 2.24) is 19.8 Å². The first kappa shape index (κ1) is 22.0. The summed E-state index contributed by atoms with van der Waals surface area (Å²) in [7, 11) is 1.39. The Hall–Kier alpha value is -3.19. The second kappa shape index (κ2) is 8.74. The fraction of sp³-hybridized carbons (Fsp3) is 0.320.